The quantitative estimate of drug-likeness (QED) is 0.361. The zero-order valence-electron chi connectivity index (χ0n) is 23.3. The fourth-order valence-electron chi connectivity index (χ4n) is 3.89. The number of hydrogen-bond acceptors (Lipinski definition) is 10. The molecule has 4 rings (SSSR count). The molecule has 0 spiro atoms. The molecule has 0 aliphatic carbocycles. The number of benzene rings is 1. The van der Waals surface area contributed by atoms with Gasteiger partial charge in [0.15, 0.2) is 12.4 Å². The van der Waals surface area contributed by atoms with Gasteiger partial charge in [-0.25, -0.2) is 27.7 Å². The summed E-state index contributed by atoms with van der Waals surface area (Å²) in [6.07, 6.45) is -7.36. The van der Waals surface area contributed by atoms with Crippen LogP contribution in [0.5, 0.6) is 5.88 Å². The number of carboxylic acids is 1. The van der Waals surface area contributed by atoms with Crippen LogP contribution in [-0.4, -0.2) is 72.8 Å². The van der Waals surface area contributed by atoms with Gasteiger partial charge in [0, 0.05) is 24.2 Å². The number of alkyl halides is 6. The molecule has 44 heavy (non-hydrogen) atoms. The molecule has 11 nitrogen and oxygen atoms in total. The van der Waals surface area contributed by atoms with Crippen molar-refractivity contribution in [3.8, 4) is 28.6 Å². The second-order valence-electron chi connectivity index (χ2n) is 9.97. The van der Waals surface area contributed by atoms with Crippen LogP contribution in [0.1, 0.15) is 26.3 Å². The topological polar surface area (TPSA) is 166 Å². The monoisotopic (exact) mass is 654 g/mol. The van der Waals surface area contributed by atoms with E-state index in [1.807, 2.05) is 0 Å². The Bertz CT molecular complexity index is 1680. The van der Waals surface area contributed by atoms with Gasteiger partial charge in [-0.1, -0.05) is 5.16 Å². The van der Waals surface area contributed by atoms with Gasteiger partial charge in [-0.3, -0.25) is 4.99 Å². The Morgan fingerprint density at radius 2 is 1.75 bits per heavy atom. The number of aliphatic carboxylic acids is 1. The highest BCUT2D eigenvalue weighted by Gasteiger charge is 2.47. The van der Waals surface area contributed by atoms with Crippen molar-refractivity contribution >= 4 is 21.5 Å². The Morgan fingerprint density at radius 1 is 1.11 bits per heavy atom. The second-order valence-corrected chi connectivity index (χ2v) is 12.9. The van der Waals surface area contributed by atoms with Crippen LogP contribution in [0.15, 0.2) is 50.5 Å². The minimum absolute atomic E-state index is 0.0371. The molecule has 1 aliphatic rings. The second kappa shape index (κ2) is 12.0. The number of nitrogens with two attached hydrogens (primary N) is 1. The van der Waals surface area contributed by atoms with Gasteiger partial charge in [0.25, 0.3) is 0 Å². The normalized spacial score (nSPS) is 21.5. The van der Waals surface area contributed by atoms with Crippen molar-refractivity contribution in [1.82, 2.24) is 15.1 Å². The van der Waals surface area contributed by atoms with Crippen molar-refractivity contribution in [2.45, 2.75) is 43.4 Å². The van der Waals surface area contributed by atoms with E-state index in [-0.39, 0.29) is 40.2 Å². The Kier molecular flexibility index (Phi) is 9.33. The number of aliphatic imine (C=N–C) groups is 1. The molecule has 3 heterocycles. The van der Waals surface area contributed by atoms with E-state index in [4.69, 9.17) is 20.2 Å². The Balaban J connectivity index is 0.000000676. The minimum atomic E-state index is -5.08. The van der Waals surface area contributed by atoms with Crippen LogP contribution in [0.25, 0.3) is 22.7 Å². The zero-order chi connectivity index (χ0) is 33.3. The van der Waals surface area contributed by atoms with E-state index in [2.05, 4.69) is 29.2 Å². The molecule has 2 aromatic heterocycles. The summed E-state index contributed by atoms with van der Waals surface area (Å²) in [5.41, 5.74) is 6.00. The number of rotatable bonds is 5. The van der Waals surface area contributed by atoms with Crippen LogP contribution in [0.4, 0.5) is 30.7 Å². The van der Waals surface area contributed by atoms with Crippen LogP contribution in [0.2, 0.25) is 0 Å². The Hall–Kier alpha value is -4.29. The molecule has 0 fully saturated rings. The average Bonchev–Trinajstić information content (AvgIpc) is 3.41. The fraction of sp³-hybridized carbons (Fsp3) is 0.400. The van der Waals surface area contributed by atoms with Crippen molar-refractivity contribution in [3.63, 3.8) is 0 Å². The molecule has 19 heteroatoms. The van der Waals surface area contributed by atoms with Crippen LogP contribution in [0, 0.1) is 5.82 Å². The van der Waals surface area contributed by atoms with Crippen LogP contribution < -0.4 is 10.5 Å². The Labute approximate surface area is 245 Å². The summed E-state index contributed by atoms with van der Waals surface area (Å²) in [6.45, 7) is 3.55. The number of ether oxygens (including phenoxy) is 1. The van der Waals surface area contributed by atoms with E-state index in [9.17, 15) is 30.6 Å². The number of aromatic nitrogens is 3. The molecular formula is C25H25F7N6O5S. The molecule has 3 N–H and O–H groups in total. The number of hydrogen-bond donors (Lipinski definition) is 2. The summed E-state index contributed by atoms with van der Waals surface area (Å²) in [4.78, 5) is 21.2. The highest BCUT2D eigenvalue weighted by atomic mass is 32.2. The highest BCUT2D eigenvalue weighted by Crippen LogP contribution is 2.40. The molecule has 1 aliphatic heterocycles. The summed E-state index contributed by atoms with van der Waals surface area (Å²) in [6, 6.07) is 5.75. The molecule has 240 valence electrons. The zero-order valence-corrected chi connectivity index (χ0v) is 24.1. The molecule has 0 saturated carbocycles. The third-order valence-corrected chi connectivity index (χ3v) is 9.76. The average molecular weight is 655 g/mol. The smallest absolute Gasteiger partial charge is 0.475 e. The van der Waals surface area contributed by atoms with Gasteiger partial charge >= 0.3 is 18.3 Å². The van der Waals surface area contributed by atoms with Crippen molar-refractivity contribution < 1.29 is 54.1 Å². The molecule has 0 radical (unpaired) electrons. The first kappa shape index (κ1) is 34.2. The molecule has 3 aromatic rings. The predicted octanol–water partition coefficient (Wildman–Crippen LogP) is 4.97. The lowest BCUT2D eigenvalue weighted by atomic mass is 9.91. The molecule has 2 atom stereocenters. The van der Waals surface area contributed by atoms with E-state index in [1.54, 1.807) is 20.8 Å². The van der Waals surface area contributed by atoms with E-state index >= 15 is 4.39 Å². The maximum atomic E-state index is 15.1. The highest BCUT2D eigenvalue weighted by molar-refractivity contribution is 7.95. The summed E-state index contributed by atoms with van der Waals surface area (Å²) in [5.74, 6) is -3.29. The SMILES string of the molecule is CN=[S@@]1(=O)C[C@@](C)(c2cc(-c3cc(-c4cnc(OCC(F)(F)F)cn4)no3)ccc2F)N=C(N)C1(C)C.O=C(O)C(F)(F)F. The summed E-state index contributed by atoms with van der Waals surface area (Å²) in [7, 11) is -1.43. The minimum Gasteiger partial charge on any atom is -0.475 e. The Morgan fingerprint density at radius 3 is 2.27 bits per heavy atom. The number of halogens is 7. The van der Waals surface area contributed by atoms with Crippen molar-refractivity contribution in [3.05, 3.63) is 48.0 Å². The third kappa shape index (κ3) is 7.43. The number of nitrogens with zero attached hydrogens (tertiary/aromatic N) is 5. The number of carboxylic acid groups (broad SMARTS) is 1. The first-order valence-electron chi connectivity index (χ1n) is 12.2. The molecule has 0 bridgehead atoms. The summed E-state index contributed by atoms with van der Waals surface area (Å²) >= 11 is 0. The van der Waals surface area contributed by atoms with Crippen LogP contribution in [-0.2, 0) is 20.1 Å². The third-order valence-electron chi connectivity index (χ3n) is 6.41. The van der Waals surface area contributed by atoms with Gasteiger partial charge < -0.3 is 20.1 Å². The molecule has 0 amide bonds. The number of carbonyl (C=O) groups is 1. The van der Waals surface area contributed by atoms with Crippen molar-refractivity contribution in [2.24, 2.45) is 15.1 Å². The van der Waals surface area contributed by atoms with Gasteiger partial charge in [-0.05, 0) is 39.0 Å². The van der Waals surface area contributed by atoms with E-state index < -0.39 is 50.8 Å². The fourth-order valence-corrected chi connectivity index (χ4v) is 6.19. The van der Waals surface area contributed by atoms with Gasteiger partial charge in [0.1, 0.15) is 33.3 Å². The van der Waals surface area contributed by atoms with E-state index in [0.717, 1.165) is 6.20 Å². The first-order chi connectivity index (χ1) is 20.1. The summed E-state index contributed by atoms with van der Waals surface area (Å²) in [5, 5.41) is 11.1. The van der Waals surface area contributed by atoms with E-state index in [1.165, 1.54) is 37.5 Å². The molecule has 0 unspecified atom stereocenters. The lowest BCUT2D eigenvalue weighted by Gasteiger charge is -2.40. The number of amidine groups is 1. The van der Waals surface area contributed by atoms with Crippen molar-refractivity contribution in [1.29, 1.82) is 0 Å². The lowest BCUT2D eigenvalue weighted by molar-refractivity contribution is -0.192. The van der Waals surface area contributed by atoms with Crippen LogP contribution >= 0.6 is 0 Å². The molecule has 1 aromatic carbocycles. The predicted molar refractivity (Wildman–Crippen MR) is 143 cm³/mol. The largest absolute Gasteiger partial charge is 0.490 e. The maximum Gasteiger partial charge on any atom is 0.490 e. The summed E-state index contributed by atoms with van der Waals surface area (Å²) < 4.78 is 110. The van der Waals surface area contributed by atoms with E-state index in [0.29, 0.717) is 5.56 Å². The molecular weight excluding hydrogens is 629 g/mol. The standard InChI is InChI=1S/C23H24F4N6O3S.C2HF3O2/c1-21(2)20(28)32-22(3,12-37(21,34)29-4)14-7-13(5-6-15(14)24)18-8-16(33-36-18)17-9-31-19(10-30-17)35-11-23(25,26)27;3-2(4,5)1(6)7/h5-10H,11-12H2,1-4H3,(H2,28,32);(H,6,7)/t22-,37+;/m0./s1. The van der Waals surface area contributed by atoms with Gasteiger partial charge in [0.2, 0.25) is 5.88 Å². The lowest BCUT2D eigenvalue weighted by Crippen LogP contribution is -2.54. The van der Waals surface area contributed by atoms with Gasteiger partial charge in [0.05, 0.1) is 27.9 Å². The van der Waals surface area contributed by atoms with Crippen molar-refractivity contribution in [2.75, 3.05) is 19.4 Å². The van der Waals surface area contributed by atoms with Gasteiger partial charge in [-0.15, -0.1) is 0 Å². The molecule has 0 saturated heterocycles. The first-order valence-corrected chi connectivity index (χ1v) is 13.9. The van der Waals surface area contributed by atoms with Gasteiger partial charge in [-0.2, -0.15) is 26.3 Å². The van der Waals surface area contributed by atoms with Crippen LogP contribution in [0.3, 0.4) is 0 Å². The maximum absolute atomic E-state index is 15.1.